The summed E-state index contributed by atoms with van der Waals surface area (Å²) < 4.78 is 18.5. The Bertz CT molecular complexity index is 1400. The zero-order valence-corrected chi connectivity index (χ0v) is 27.4. The molecular formula is C33H43ClN4O7. The number of nitrogens with one attached hydrogen (secondary N) is 2. The molecular weight excluding hydrogens is 600 g/mol. The number of amides is 2. The average molecular weight is 643 g/mol. The van der Waals surface area contributed by atoms with E-state index in [1.165, 1.54) is 13.2 Å². The molecule has 45 heavy (non-hydrogen) atoms. The average Bonchev–Trinajstić information content (AvgIpc) is 3.40. The van der Waals surface area contributed by atoms with Crippen LogP contribution in [0, 0.1) is 17.8 Å². The minimum atomic E-state index is -1.13. The van der Waals surface area contributed by atoms with Crippen LogP contribution >= 0.6 is 11.6 Å². The van der Waals surface area contributed by atoms with Crippen molar-refractivity contribution >= 4 is 41.4 Å². The minimum Gasteiger partial charge on any atom is -0.495 e. The van der Waals surface area contributed by atoms with Crippen molar-refractivity contribution in [2.24, 2.45) is 24.8 Å². The Morgan fingerprint density at radius 3 is 2.53 bits per heavy atom. The Morgan fingerprint density at radius 2 is 1.89 bits per heavy atom. The van der Waals surface area contributed by atoms with Crippen LogP contribution in [0.5, 0.6) is 5.75 Å². The van der Waals surface area contributed by atoms with Crippen molar-refractivity contribution in [2.45, 2.75) is 65.2 Å². The van der Waals surface area contributed by atoms with Gasteiger partial charge in [0.25, 0.3) is 0 Å². The van der Waals surface area contributed by atoms with Gasteiger partial charge in [0, 0.05) is 38.5 Å². The summed E-state index contributed by atoms with van der Waals surface area (Å²) in [4.78, 5) is 52.7. The van der Waals surface area contributed by atoms with Gasteiger partial charge in [-0.05, 0) is 48.3 Å². The SMILES string of the molecule is COc1ccc(C[C@H]2NC(=O)/C=C/C[C@@H]([C@H](C)/C=C/c3ccnn3C)OC(=O)[C@H](CC(C)C)OC(=O)[C@H](C)CNC2=O)cc1Cl. The normalized spacial score (nSPS) is 23.6. The van der Waals surface area contributed by atoms with Crippen LogP contribution in [-0.2, 0) is 42.1 Å². The molecule has 1 aliphatic heterocycles. The molecule has 0 saturated carbocycles. The minimum absolute atomic E-state index is 0.0346. The topological polar surface area (TPSA) is 138 Å². The molecule has 0 bridgehead atoms. The fourth-order valence-corrected chi connectivity index (χ4v) is 4.95. The zero-order chi connectivity index (χ0) is 33.1. The van der Waals surface area contributed by atoms with E-state index < -0.39 is 47.9 Å². The van der Waals surface area contributed by atoms with Gasteiger partial charge in [-0.1, -0.05) is 57.5 Å². The van der Waals surface area contributed by atoms with Crippen molar-refractivity contribution in [3.63, 3.8) is 0 Å². The van der Waals surface area contributed by atoms with Crippen LogP contribution in [0.1, 0.15) is 51.8 Å². The van der Waals surface area contributed by atoms with E-state index in [1.807, 2.05) is 46.0 Å². The van der Waals surface area contributed by atoms with Gasteiger partial charge >= 0.3 is 11.9 Å². The number of rotatable bonds is 8. The molecule has 1 aliphatic rings. The van der Waals surface area contributed by atoms with Crippen LogP contribution in [0.15, 0.2) is 48.7 Å². The van der Waals surface area contributed by atoms with Gasteiger partial charge in [-0.15, -0.1) is 0 Å². The molecule has 11 nitrogen and oxygen atoms in total. The standard InChI is InChI=1S/C33H43ClN4O7/c1-20(2)16-29-33(42)44-27(21(3)10-12-24-14-15-36-38(24)5)8-7-9-30(39)37-26(31(40)35-19-22(4)32(41)45-29)18-23-11-13-28(43-6)25(34)17-23/h7,9-15,17,20-22,26-27,29H,8,16,18-19H2,1-6H3,(H,35,40)(H,37,39)/b9-7+,12-10+/t21-,22-,26-,27+,29+/m1/s1. The highest BCUT2D eigenvalue weighted by Crippen LogP contribution is 2.26. The molecule has 3 rings (SSSR count). The second-order valence-corrected chi connectivity index (χ2v) is 12.1. The lowest BCUT2D eigenvalue weighted by Gasteiger charge is -2.26. The monoisotopic (exact) mass is 642 g/mol. The van der Waals surface area contributed by atoms with Crippen molar-refractivity contribution in [1.29, 1.82) is 0 Å². The highest BCUT2D eigenvalue weighted by Gasteiger charge is 2.32. The van der Waals surface area contributed by atoms with Crippen LogP contribution < -0.4 is 15.4 Å². The summed E-state index contributed by atoms with van der Waals surface area (Å²) in [6.07, 6.45) is 7.17. The Balaban J connectivity index is 1.90. The first-order chi connectivity index (χ1) is 21.4. The van der Waals surface area contributed by atoms with Crippen LogP contribution in [0.3, 0.4) is 0 Å². The van der Waals surface area contributed by atoms with Gasteiger partial charge in [-0.2, -0.15) is 5.10 Å². The summed E-state index contributed by atoms with van der Waals surface area (Å²) in [5.74, 6) is -2.83. The Kier molecular flexibility index (Phi) is 13.2. The van der Waals surface area contributed by atoms with E-state index in [0.29, 0.717) is 16.3 Å². The predicted octanol–water partition coefficient (Wildman–Crippen LogP) is 4.04. The smallest absolute Gasteiger partial charge is 0.347 e. The third-order valence-corrected chi connectivity index (χ3v) is 7.70. The number of aromatic nitrogens is 2. The van der Waals surface area contributed by atoms with Crippen LogP contribution in [0.2, 0.25) is 5.02 Å². The van der Waals surface area contributed by atoms with Gasteiger partial charge in [-0.25, -0.2) is 4.79 Å². The molecule has 0 saturated heterocycles. The summed E-state index contributed by atoms with van der Waals surface area (Å²) in [5.41, 5.74) is 1.56. The van der Waals surface area contributed by atoms with Gasteiger partial charge in [0.15, 0.2) is 6.10 Å². The fourth-order valence-electron chi connectivity index (χ4n) is 4.67. The number of hydrogen-bond acceptors (Lipinski definition) is 8. The number of nitrogens with zero attached hydrogens (tertiary/aromatic N) is 2. The van der Waals surface area contributed by atoms with Crippen molar-refractivity contribution in [2.75, 3.05) is 13.7 Å². The number of esters is 2. The summed E-state index contributed by atoms with van der Waals surface area (Å²) in [7, 11) is 3.32. The number of halogens is 1. The van der Waals surface area contributed by atoms with Gasteiger partial charge in [0.1, 0.15) is 17.9 Å². The van der Waals surface area contributed by atoms with Crippen molar-refractivity contribution < 1.29 is 33.4 Å². The highest BCUT2D eigenvalue weighted by atomic mass is 35.5. The molecule has 5 atom stereocenters. The van der Waals surface area contributed by atoms with Gasteiger partial charge < -0.3 is 24.8 Å². The number of hydrogen-bond donors (Lipinski definition) is 2. The number of carbonyl (C=O) groups is 4. The molecule has 2 heterocycles. The predicted molar refractivity (Wildman–Crippen MR) is 170 cm³/mol. The second-order valence-electron chi connectivity index (χ2n) is 11.6. The molecule has 12 heteroatoms. The fraction of sp³-hybridized carbons (Fsp3) is 0.485. The van der Waals surface area contributed by atoms with E-state index in [-0.39, 0.29) is 37.6 Å². The van der Waals surface area contributed by atoms with Crippen molar-refractivity contribution in [3.8, 4) is 5.75 Å². The maximum absolute atomic E-state index is 13.4. The Hall–Kier alpha value is -4.12. The largest absolute Gasteiger partial charge is 0.495 e. The third kappa shape index (κ3) is 10.8. The van der Waals surface area contributed by atoms with E-state index >= 15 is 0 Å². The molecule has 244 valence electrons. The number of ether oxygens (including phenoxy) is 3. The second kappa shape index (κ2) is 16.8. The molecule has 0 unspecified atom stereocenters. The number of benzene rings is 1. The lowest BCUT2D eigenvalue weighted by Crippen LogP contribution is -2.49. The molecule has 2 N–H and O–H groups in total. The number of carbonyl (C=O) groups excluding carboxylic acids is 4. The van der Waals surface area contributed by atoms with E-state index in [2.05, 4.69) is 15.7 Å². The Labute approximate surface area is 269 Å². The first kappa shape index (κ1) is 35.4. The molecule has 1 aromatic carbocycles. The summed E-state index contributed by atoms with van der Waals surface area (Å²) in [6, 6.07) is 6.00. The van der Waals surface area contributed by atoms with Gasteiger partial charge in [-0.3, -0.25) is 19.1 Å². The Morgan fingerprint density at radius 1 is 1.13 bits per heavy atom. The summed E-state index contributed by atoms with van der Waals surface area (Å²) in [5, 5.41) is 10.0. The molecule has 0 spiro atoms. The van der Waals surface area contributed by atoms with Gasteiger partial charge in [0.05, 0.1) is 23.7 Å². The summed E-state index contributed by atoms with van der Waals surface area (Å²) >= 11 is 6.29. The number of aryl methyl sites for hydroxylation is 1. The highest BCUT2D eigenvalue weighted by molar-refractivity contribution is 6.32. The van der Waals surface area contributed by atoms with E-state index in [9.17, 15) is 19.2 Å². The van der Waals surface area contributed by atoms with Gasteiger partial charge in [0.2, 0.25) is 11.8 Å². The molecule has 0 fully saturated rings. The van der Waals surface area contributed by atoms with Crippen LogP contribution in [-0.4, -0.2) is 65.4 Å². The maximum atomic E-state index is 13.4. The third-order valence-electron chi connectivity index (χ3n) is 7.40. The zero-order valence-electron chi connectivity index (χ0n) is 26.6. The number of cyclic esters (lactones) is 2. The first-order valence-electron chi connectivity index (χ1n) is 15.0. The molecule has 2 aromatic rings. The number of methoxy groups -OCH3 is 1. The maximum Gasteiger partial charge on any atom is 0.347 e. The van der Waals surface area contributed by atoms with Crippen LogP contribution in [0.25, 0.3) is 6.08 Å². The summed E-state index contributed by atoms with van der Waals surface area (Å²) in [6.45, 7) is 7.25. The lowest BCUT2D eigenvalue weighted by molar-refractivity contribution is -0.175. The van der Waals surface area contributed by atoms with Crippen LogP contribution in [0.4, 0.5) is 0 Å². The quantitative estimate of drug-likeness (QED) is 0.412. The first-order valence-corrected chi connectivity index (χ1v) is 15.4. The van der Waals surface area contributed by atoms with Crippen molar-refractivity contribution in [1.82, 2.24) is 20.4 Å². The molecule has 1 aromatic heterocycles. The van der Waals surface area contributed by atoms with Crippen molar-refractivity contribution in [3.05, 3.63) is 65.0 Å². The molecule has 2 amide bonds. The lowest BCUT2D eigenvalue weighted by atomic mass is 9.99. The molecule has 0 radical (unpaired) electrons. The molecule has 0 aliphatic carbocycles. The van der Waals surface area contributed by atoms with E-state index in [1.54, 1.807) is 42.1 Å². The van der Waals surface area contributed by atoms with E-state index in [0.717, 1.165) is 5.69 Å². The van der Waals surface area contributed by atoms with E-state index in [4.69, 9.17) is 25.8 Å².